The first-order chi connectivity index (χ1) is 5.48. The number of hydrogen-bond donors (Lipinski definition) is 0. The van der Waals surface area contributed by atoms with Crippen LogP contribution in [0.15, 0.2) is 11.6 Å². The number of hydrogen-bond acceptors (Lipinski definition) is 1. The highest BCUT2D eigenvalue weighted by Gasteiger charge is 2.14. The fourth-order valence-electron chi connectivity index (χ4n) is 1.03. The van der Waals surface area contributed by atoms with Crippen LogP contribution < -0.4 is 0 Å². The van der Waals surface area contributed by atoms with Crippen molar-refractivity contribution < 1.29 is 4.79 Å². The molecule has 70 valence electrons. The van der Waals surface area contributed by atoms with Crippen LogP contribution in [0.2, 0.25) is 0 Å². The highest BCUT2D eigenvalue weighted by Crippen LogP contribution is 2.27. The Balaban J connectivity index is 3.86. The molecule has 1 heteroatoms. The van der Waals surface area contributed by atoms with E-state index in [1.54, 1.807) is 0 Å². The lowest BCUT2D eigenvalue weighted by atomic mass is 9.84. The maximum atomic E-state index is 10.2. The van der Waals surface area contributed by atoms with E-state index in [2.05, 4.69) is 33.8 Å². The highest BCUT2D eigenvalue weighted by atomic mass is 16.1. The van der Waals surface area contributed by atoms with Gasteiger partial charge >= 0.3 is 0 Å². The molecule has 0 heterocycles. The third-order valence-electron chi connectivity index (χ3n) is 2.00. The van der Waals surface area contributed by atoms with Gasteiger partial charge in [0.25, 0.3) is 0 Å². The van der Waals surface area contributed by atoms with Crippen molar-refractivity contribution in [3.8, 4) is 0 Å². The molecule has 0 spiro atoms. The van der Waals surface area contributed by atoms with Crippen molar-refractivity contribution in [3.05, 3.63) is 11.6 Å². The molecule has 0 saturated carbocycles. The molecule has 0 N–H and O–H groups in total. The first kappa shape index (κ1) is 11.4. The minimum atomic E-state index is 0.276. The second kappa shape index (κ2) is 5.13. The summed E-state index contributed by atoms with van der Waals surface area (Å²) in [7, 11) is 0. The number of carbonyl (C=O) groups is 1. The molecule has 0 aromatic rings. The summed E-state index contributed by atoms with van der Waals surface area (Å²) in [5, 5.41) is 0. The normalized spacial score (nSPS) is 11.0. The van der Waals surface area contributed by atoms with Gasteiger partial charge in [-0.05, 0) is 32.1 Å². The van der Waals surface area contributed by atoms with Crippen molar-refractivity contribution in [1.82, 2.24) is 0 Å². The van der Waals surface area contributed by atoms with Gasteiger partial charge in [0, 0.05) is 6.42 Å². The fourth-order valence-corrected chi connectivity index (χ4v) is 1.03. The Morgan fingerprint density at radius 1 is 1.33 bits per heavy atom. The van der Waals surface area contributed by atoms with Crippen LogP contribution in [-0.4, -0.2) is 6.29 Å². The lowest BCUT2D eigenvalue weighted by Crippen LogP contribution is -2.10. The molecule has 0 aromatic heterocycles. The molecule has 0 unspecified atom stereocenters. The number of rotatable bonds is 5. The van der Waals surface area contributed by atoms with E-state index < -0.39 is 0 Å². The van der Waals surface area contributed by atoms with E-state index in [0.29, 0.717) is 6.42 Å². The SMILES string of the molecule is CC(C)=CCC(C)(C)CCC=O. The van der Waals surface area contributed by atoms with Gasteiger partial charge in [0.2, 0.25) is 0 Å². The molecule has 0 aliphatic rings. The second-order valence-electron chi connectivity index (χ2n) is 4.36. The van der Waals surface area contributed by atoms with Gasteiger partial charge < -0.3 is 4.79 Å². The van der Waals surface area contributed by atoms with Gasteiger partial charge in [0.15, 0.2) is 0 Å². The molecule has 0 aliphatic carbocycles. The minimum Gasteiger partial charge on any atom is -0.303 e. The van der Waals surface area contributed by atoms with Crippen molar-refractivity contribution in [3.63, 3.8) is 0 Å². The maximum absolute atomic E-state index is 10.2. The monoisotopic (exact) mass is 168 g/mol. The summed E-state index contributed by atoms with van der Waals surface area (Å²) >= 11 is 0. The number of aldehydes is 1. The van der Waals surface area contributed by atoms with Crippen LogP contribution in [0.25, 0.3) is 0 Å². The third-order valence-corrected chi connectivity index (χ3v) is 2.00. The van der Waals surface area contributed by atoms with E-state index in [1.807, 2.05) is 0 Å². The Hall–Kier alpha value is -0.590. The lowest BCUT2D eigenvalue weighted by molar-refractivity contribution is -0.108. The zero-order chi connectivity index (χ0) is 9.61. The number of allylic oxidation sites excluding steroid dienone is 2. The predicted molar refractivity (Wildman–Crippen MR) is 53.1 cm³/mol. The predicted octanol–water partition coefficient (Wildman–Crippen LogP) is 3.35. The van der Waals surface area contributed by atoms with Crippen molar-refractivity contribution in [2.75, 3.05) is 0 Å². The summed E-state index contributed by atoms with van der Waals surface area (Å²) in [5.41, 5.74) is 1.63. The molecule has 0 saturated heterocycles. The van der Waals surface area contributed by atoms with Crippen molar-refractivity contribution in [2.24, 2.45) is 5.41 Å². The van der Waals surface area contributed by atoms with Gasteiger partial charge in [0.05, 0.1) is 0 Å². The molecular formula is C11H20O. The van der Waals surface area contributed by atoms with Crippen LogP contribution in [0.4, 0.5) is 0 Å². The molecule has 0 radical (unpaired) electrons. The summed E-state index contributed by atoms with van der Waals surface area (Å²) in [6.07, 6.45) is 5.99. The average Bonchev–Trinajstić information content (AvgIpc) is 1.98. The van der Waals surface area contributed by atoms with E-state index in [-0.39, 0.29) is 5.41 Å². The van der Waals surface area contributed by atoms with Gasteiger partial charge in [-0.25, -0.2) is 0 Å². The summed E-state index contributed by atoms with van der Waals surface area (Å²) < 4.78 is 0. The molecule has 0 rings (SSSR count). The summed E-state index contributed by atoms with van der Waals surface area (Å²) in [4.78, 5) is 10.2. The molecule has 12 heavy (non-hydrogen) atoms. The van der Waals surface area contributed by atoms with Gasteiger partial charge in [-0.3, -0.25) is 0 Å². The molecule has 0 aliphatic heterocycles. The summed E-state index contributed by atoms with van der Waals surface area (Å²) in [6, 6.07) is 0. The first-order valence-electron chi connectivity index (χ1n) is 4.55. The molecule has 0 fully saturated rings. The molecule has 0 atom stereocenters. The van der Waals surface area contributed by atoms with E-state index in [9.17, 15) is 4.79 Å². The number of carbonyl (C=O) groups excluding carboxylic acids is 1. The Morgan fingerprint density at radius 2 is 1.92 bits per heavy atom. The molecular weight excluding hydrogens is 148 g/mol. The topological polar surface area (TPSA) is 17.1 Å². The Labute approximate surface area is 75.9 Å². The average molecular weight is 168 g/mol. The Bertz CT molecular complexity index is 162. The third kappa shape index (κ3) is 6.14. The van der Waals surface area contributed by atoms with Crippen LogP contribution in [0.3, 0.4) is 0 Å². The zero-order valence-corrected chi connectivity index (χ0v) is 8.68. The van der Waals surface area contributed by atoms with Crippen molar-refractivity contribution in [2.45, 2.75) is 47.0 Å². The quantitative estimate of drug-likeness (QED) is 0.454. The van der Waals surface area contributed by atoms with Crippen LogP contribution in [-0.2, 0) is 4.79 Å². The standard InChI is InChI=1S/C11H20O/c1-10(2)6-8-11(3,4)7-5-9-12/h6,9H,5,7-8H2,1-4H3. The molecule has 0 bridgehead atoms. The van der Waals surface area contributed by atoms with Gasteiger partial charge in [0.1, 0.15) is 6.29 Å². The van der Waals surface area contributed by atoms with Crippen LogP contribution >= 0.6 is 0 Å². The fraction of sp³-hybridized carbons (Fsp3) is 0.727. The lowest BCUT2D eigenvalue weighted by Gasteiger charge is -2.21. The maximum Gasteiger partial charge on any atom is 0.120 e. The molecule has 0 amide bonds. The van der Waals surface area contributed by atoms with E-state index in [0.717, 1.165) is 19.1 Å². The second-order valence-corrected chi connectivity index (χ2v) is 4.36. The van der Waals surface area contributed by atoms with Crippen LogP contribution in [0, 0.1) is 5.41 Å². The van der Waals surface area contributed by atoms with E-state index >= 15 is 0 Å². The molecule has 0 aromatic carbocycles. The van der Waals surface area contributed by atoms with Gasteiger partial charge in [-0.15, -0.1) is 0 Å². The summed E-state index contributed by atoms with van der Waals surface area (Å²) in [5.74, 6) is 0. The Morgan fingerprint density at radius 3 is 2.33 bits per heavy atom. The van der Waals surface area contributed by atoms with Crippen LogP contribution in [0.1, 0.15) is 47.0 Å². The Kier molecular flexibility index (Phi) is 4.87. The van der Waals surface area contributed by atoms with Crippen molar-refractivity contribution in [1.29, 1.82) is 0 Å². The molecule has 1 nitrogen and oxygen atoms in total. The van der Waals surface area contributed by atoms with Gasteiger partial charge in [-0.1, -0.05) is 25.5 Å². The smallest absolute Gasteiger partial charge is 0.120 e. The highest BCUT2D eigenvalue weighted by molar-refractivity contribution is 5.49. The zero-order valence-electron chi connectivity index (χ0n) is 8.68. The van der Waals surface area contributed by atoms with Crippen LogP contribution in [0.5, 0.6) is 0 Å². The largest absolute Gasteiger partial charge is 0.303 e. The summed E-state index contributed by atoms with van der Waals surface area (Å²) in [6.45, 7) is 8.62. The minimum absolute atomic E-state index is 0.276. The van der Waals surface area contributed by atoms with Crippen molar-refractivity contribution >= 4 is 6.29 Å². The van der Waals surface area contributed by atoms with Gasteiger partial charge in [-0.2, -0.15) is 0 Å². The first-order valence-corrected chi connectivity index (χ1v) is 4.55. The van der Waals surface area contributed by atoms with E-state index in [1.165, 1.54) is 5.57 Å². The van der Waals surface area contributed by atoms with E-state index in [4.69, 9.17) is 0 Å².